The molecule has 3 nitrogen and oxygen atoms in total. The highest BCUT2D eigenvalue weighted by Crippen LogP contribution is 2.04. The van der Waals surface area contributed by atoms with E-state index < -0.39 is 13.0 Å². The molecule has 0 aliphatic heterocycles. The van der Waals surface area contributed by atoms with Crippen LogP contribution in [-0.2, 0) is 4.79 Å². The molecule has 0 aliphatic carbocycles. The molecule has 78 valence electrons. The summed E-state index contributed by atoms with van der Waals surface area (Å²) in [6, 6.07) is 0. The van der Waals surface area contributed by atoms with Crippen molar-refractivity contribution in [2.45, 2.75) is 20.3 Å². The minimum absolute atomic E-state index is 0.0264. The van der Waals surface area contributed by atoms with Crippen LogP contribution in [0.4, 0.5) is 8.78 Å². The van der Waals surface area contributed by atoms with Gasteiger partial charge in [-0.05, 0) is 0 Å². The van der Waals surface area contributed by atoms with E-state index in [0.717, 1.165) is 4.90 Å². The van der Waals surface area contributed by atoms with E-state index in [4.69, 9.17) is 5.11 Å². The summed E-state index contributed by atoms with van der Waals surface area (Å²) in [5, 5.41) is 8.54. The van der Waals surface area contributed by atoms with Gasteiger partial charge in [-0.25, -0.2) is 8.78 Å². The van der Waals surface area contributed by atoms with E-state index in [-0.39, 0.29) is 25.0 Å². The van der Waals surface area contributed by atoms with Crippen LogP contribution in [0.1, 0.15) is 13.8 Å². The Labute approximate surface area is 76.3 Å². The lowest BCUT2D eigenvalue weighted by atomic mass is 10.2. The Hall–Kier alpha value is -0.710. The van der Waals surface area contributed by atoms with Crippen molar-refractivity contribution in [1.82, 2.24) is 4.90 Å². The minimum Gasteiger partial charge on any atom is -0.395 e. The molecule has 0 radical (unpaired) electrons. The second kappa shape index (κ2) is 5.85. The number of halogens is 2. The van der Waals surface area contributed by atoms with Gasteiger partial charge in [0, 0.05) is 12.5 Å². The molecule has 0 aromatic carbocycles. The van der Waals surface area contributed by atoms with Gasteiger partial charge in [0.15, 0.2) is 0 Å². The molecule has 0 bridgehead atoms. The lowest BCUT2D eigenvalue weighted by Crippen LogP contribution is -2.39. The molecule has 0 rings (SSSR count). The molecule has 13 heavy (non-hydrogen) atoms. The highest BCUT2D eigenvalue weighted by molar-refractivity contribution is 5.78. The summed E-state index contributed by atoms with van der Waals surface area (Å²) in [7, 11) is 0. The Balaban J connectivity index is 4.15. The van der Waals surface area contributed by atoms with Gasteiger partial charge in [-0.2, -0.15) is 0 Å². The number of hydrogen-bond donors (Lipinski definition) is 1. The van der Waals surface area contributed by atoms with Gasteiger partial charge >= 0.3 is 0 Å². The first kappa shape index (κ1) is 12.3. The summed E-state index contributed by atoms with van der Waals surface area (Å²) in [5.74, 6) is -0.667. The van der Waals surface area contributed by atoms with Gasteiger partial charge in [-0.3, -0.25) is 4.79 Å². The number of aliphatic hydroxyl groups excluding tert-OH is 1. The Kier molecular flexibility index (Phi) is 5.53. The molecule has 5 heteroatoms. The highest BCUT2D eigenvalue weighted by atomic mass is 19.3. The lowest BCUT2D eigenvalue weighted by Gasteiger charge is -2.22. The summed E-state index contributed by atoms with van der Waals surface area (Å²) in [6.45, 7) is 2.36. The monoisotopic (exact) mass is 195 g/mol. The summed E-state index contributed by atoms with van der Waals surface area (Å²) >= 11 is 0. The van der Waals surface area contributed by atoms with Gasteiger partial charge in [-0.1, -0.05) is 13.8 Å². The molecule has 1 amide bonds. The number of alkyl halides is 2. The third-order valence-corrected chi connectivity index (χ3v) is 1.53. The summed E-state index contributed by atoms with van der Waals surface area (Å²) in [5.41, 5.74) is 0. The third kappa shape index (κ3) is 4.77. The van der Waals surface area contributed by atoms with Gasteiger partial charge in [0.25, 0.3) is 6.43 Å². The van der Waals surface area contributed by atoms with Gasteiger partial charge < -0.3 is 10.0 Å². The molecule has 0 unspecified atom stereocenters. The highest BCUT2D eigenvalue weighted by Gasteiger charge is 2.19. The molecule has 0 fully saturated rings. The van der Waals surface area contributed by atoms with Crippen LogP contribution in [0.5, 0.6) is 0 Å². The fraction of sp³-hybridized carbons (Fsp3) is 0.875. The number of nitrogens with zero attached hydrogens (tertiary/aromatic N) is 1. The molecule has 0 aliphatic rings. The van der Waals surface area contributed by atoms with Crippen molar-refractivity contribution in [3.63, 3.8) is 0 Å². The number of carbonyl (C=O) groups excluding carboxylic acids is 1. The summed E-state index contributed by atoms with van der Waals surface area (Å²) in [6.07, 6.45) is -2.55. The Bertz CT molecular complexity index is 162. The van der Waals surface area contributed by atoms with E-state index in [1.807, 2.05) is 0 Å². The zero-order chi connectivity index (χ0) is 10.4. The van der Waals surface area contributed by atoms with Crippen LogP contribution in [0.3, 0.4) is 0 Å². The van der Waals surface area contributed by atoms with Crippen LogP contribution in [0.25, 0.3) is 0 Å². The zero-order valence-corrected chi connectivity index (χ0v) is 7.83. The molecule has 0 saturated heterocycles. The number of rotatable bonds is 5. The van der Waals surface area contributed by atoms with Crippen LogP contribution in [0.2, 0.25) is 0 Å². The molecule has 0 spiro atoms. The second-order valence-electron chi connectivity index (χ2n) is 3.05. The number of aliphatic hydroxyl groups is 1. The minimum atomic E-state index is -2.55. The van der Waals surface area contributed by atoms with Crippen LogP contribution >= 0.6 is 0 Å². The SMILES string of the molecule is CC(C)C(=O)N(CCO)CC(F)F. The molecule has 0 atom stereocenters. The molecule has 0 saturated carbocycles. The van der Waals surface area contributed by atoms with Crippen molar-refractivity contribution < 1.29 is 18.7 Å². The van der Waals surface area contributed by atoms with E-state index in [1.165, 1.54) is 0 Å². The van der Waals surface area contributed by atoms with E-state index in [2.05, 4.69) is 0 Å². The maximum atomic E-state index is 12.0. The third-order valence-electron chi connectivity index (χ3n) is 1.53. The molecule has 1 N–H and O–H groups in total. The zero-order valence-electron chi connectivity index (χ0n) is 7.83. The normalized spacial score (nSPS) is 11.0. The maximum absolute atomic E-state index is 12.0. The van der Waals surface area contributed by atoms with Crippen LogP contribution in [0.15, 0.2) is 0 Å². The van der Waals surface area contributed by atoms with E-state index in [9.17, 15) is 13.6 Å². The Morgan fingerprint density at radius 1 is 1.46 bits per heavy atom. The first-order valence-corrected chi connectivity index (χ1v) is 4.16. The largest absolute Gasteiger partial charge is 0.395 e. The van der Waals surface area contributed by atoms with Crippen molar-refractivity contribution in [2.24, 2.45) is 5.92 Å². The van der Waals surface area contributed by atoms with Crippen molar-refractivity contribution in [3.8, 4) is 0 Å². The van der Waals surface area contributed by atoms with Crippen LogP contribution in [-0.4, -0.2) is 42.0 Å². The smallest absolute Gasteiger partial charge is 0.255 e. The average molecular weight is 195 g/mol. The molecular formula is C8H15F2NO2. The van der Waals surface area contributed by atoms with E-state index in [0.29, 0.717) is 0 Å². The molecular weight excluding hydrogens is 180 g/mol. The van der Waals surface area contributed by atoms with Gasteiger partial charge in [-0.15, -0.1) is 0 Å². The summed E-state index contributed by atoms with van der Waals surface area (Å²) in [4.78, 5) is 12.2. The van der Waals surface area contributed by atoms with Gasteiger partial charge in [0.2, 0.25) is 5.91 Å². The fourth-order valence-corrected chi connectivity index (χ4v) is 0.944. The van der Waals surface area contributed by atoms with Crippen molar-refractivity contribution >= 4 is 5.91 Å². The van der Waals surface area contributed by atoms with Crippen LogP contribution < -0.4 is 0 Å². The lowest BCUT2D eigenvalue weighted by molar-refractivity contribution is -0.136. The fourth-order valence-electron chi connectivity index (χ4n) is 0.944. The quantitative estimate of drug-likeness (QED) is 0.702. The van der Waals surface area contributed by atoms with Crippen molar-refractivity contribution in [2.75, 3.05) is 19.7 Å². The maximum Gasteiger partial charge on any atom is 0.255 e. The Morgan fingerprint density at radius 3 is 2.31 bits per heavy atom. The van der Waals surface area contributed by atoms with Gasteiger partial charge in [0.05, 0.1) is 13.2 Å². The van der Waals surface area contributed by atoms with Crippen molar-refractivity contribution in [1.29, 1.82) is 0 Å². The van der Waals surface area contributed by atoms with Crippen LogP contribution in [0, 0.1) is 5.92 Å². The average Bonchev–Trinajstić information content (AvgIpc) is 2.01. The summed E-state index contributed by atoms with van der Waals surface area (Å²) < 4.78 is 23.9. The molecule has 0 heterocycles. The number of amides is 1. The molecule has 0 aromatic heterocycles. The first-order valence-electron chi connectivity index (χ1n) is 4.16. The second-order valence-corrected chi connectivity index (χ2v) is 3.05. The first-order chi connectivity index (χ1) is 5.99. The number of carbonyl (C=O) groups is 1. The topological polar surface area (TPSA) is 40.5 Å². The van der Waals surface area contributed by atoms with E-state index >= 15 is 0 Å². The predicted molar refractivity (Wildman–Crippen MR) is 44.5 cm³/mol. The van der Waals surface area contributed by atoms with Crippen molar-refractivity contribution in [3.05, 3.63) is 0 Å². The van der Waals surface area contributed by atoms with E-state index in [1.54, 1.807) is 13.8 Å². The predicted octanol–water partition coefficient (Wildman–Crippen LogP) is 0.728. The van der Waals surface area contributed by atoms with Gasteiger partial charge in [0.1, 0.15) is 0 Å². The Morgan fingerprint density at radius 2 is 2.00 bits per heavy atom. The standard InChI is InChI=1S/C8H15F2NO2/c1-6(2)8(13)11(3-4-12)5-7(9)10/h6-7,12H,3-5H2,1-2H3. The number of hydrogen-bond acceptors (Lipinski definition) is 2. The molecule has 0 aromatic rings.